The summed E-state index contributed by atoms with van der Waals surface area (Å²) in [5.41, 5.74) is 1.59. The van der Waals surface area contributed by atoms with Crippen molar-refractivity contribution in [3.8, 4) is 5.75 Å². The van der Waals surface area contributed by atoms with Crippen LogP contribution in [0.3, 0.4) is 0 Å². The van der Waals surface area contributed by atoms with E-state index in [1.54, 1.807) is 47.4 Å². The highest BCUT2D eigenvalue weighted by molar-refractivity contribution is 8.00. The van der Waals surface area contributed by atoms with E-state index in [1.165, 1.54) is 11.8 Å². The van der Waals surface area contributed by atoms with Gasteiger partial charge in [-0.1, -0.05) is 29.0 Å². The summed E-state index contributed by atoms with van der Waals surface area (Å²) in [6.45, 7) is 4.10. The highest BCUT2D eigenvalue weighted by Crippen LogP contribution is 2.29. The molecular formula is C18H17ClN4O2S2. The summed E-state index contributed by atoms with van der Waals surface area (Å²) in [6.07, 6.45) is 1.67. The van der Waals surface area contributed by atoms with Crippen molar-refractivity contribution >= 4 is 46.3 Å². The van der Waals surface area contributed by atoms with Crippen LogP contribution in [0.2, 0.25) is 5.02 Å². The third-order valence-electron chi connectivity index (χ3n) is 3.58. The lowest BCUT2D eigenvalue weighted by Crippen LogP contribution is -2.19. The fourth-order valence-corrected chi connectivity index (χ4v) is 4.33. The van der Waals surface area contributed by atoms with Gasteiger partial charge in [0.1, 0.15) is 11.4 Å². The Morgan fingerprint density at radius 1 is 1.48 bits per heavy atom. The lowest BCUT2D eigenvalue weighted by molar-refractivity contribution is 0.101. The molecule has 0 atom stereocenters. The number of hydrogen-bond acceptors (Lipinski definition) is 6. The van der Waals surface area contributed by atoms with E-state index in [-0.39, 0.29) is 5.91 Å². The number of thioether (sulfide) groups is 1. The van der Waals surface area contributed by atoms with E-state index in [4.69, 9.17) is 16.3 Å². The number of anilines is 1. The second-order valence-electron chi connectivity index (χ2n) is 5.38. The molecule has 1 N–H and O–H groups in total. The number of ether oxygens (including phenoxy) is 1. The number of thiophene rings is 1. The van der Waals surface area contributed by atoms with Crippen LogP contribution in [0.1, 0.15) is 16.2 Å². The van der Waals surface area contributed by atoms with Gasteiger partial charge in [0, 0.05) is 11.4 Å². The molecule has 0 spiro atoms. The van der Waals surface area contributed by atoms with Crippen molar-refractivity contribution in [3.05, 3.63) is 64.8 Å². The molecule has 9 heteroatoms. The number of nitrogens with one attached hydrogen (secondary N) is 1. The van der Waals surface area contributed by atoms with E-state index in [0.717, 1.165) is 4.21 Å². The van der Waals surface area contributed by atoms with Gasteiger partial charge in [-0.05, 0) is 29.6 Å². The summed E-state index contributed by atoms with van der Waals surface area (Å²) in [7, 11) is 1.54. The van der Waals surface area contributed by atoms with E-state index in [0.29, 0.717) is 40.1 Å². The Morgan fingerprint density at radius 2 is 2.33 bits per heavy atom. The molecular weight excluding hydrogens is 404 g/mol. The molecule has 0 fully saturated rings. The van der Waals surface area contributed by atoms with Crippen molar-refractivity contribution in [2.45, 2.75) is 16.5 Å². The Hall–Kier alpha value is -2.29. The number of allylic oxidation sites excluding steroid dienone is 1. The molecule has 140 valence electrons. The Kier molecular flexibility index (Phi) is 6.54. The Morgan fingerprint density at radius 3 is 3.00 bits per heavy atom. The molecule has 0 saturated heterocycles. The zero-order chi connectivity index (χ0) is 19.2. The molecule has 0 bridgehead atoms. The molecule has 2 aromatic heterocycles. The number of amides is 1. The number of benzene rings is 1. The van der Waals surface area contributed by atoms with Gasteiger partial charge >= 0.3 is 0 Å². The van der Waals surface area contributed by atoms with Crippen molar-refractivity contribution in [2.24, 2.45) is 0 Å². The number of nitrogens with zero attached hydrogens (tertiary/aromatic N) is 3. The van der Waals surface area contributed by atoms with Gasteiger partial charge in [-0.25, -0.2) is 4.68 Å². The summed E-state index contributed by atoms with van der Waals surface area (Å²) in [5, 5.41) is 13.6. The number of carbonyl (C=O) groups excluding carboxylic acids is 1. The third kappa shape index (κ3) is 4.71. The summed E-state index contributed by atoms with van der Waals surface area (Å²) >= 11 is 9.40. The number of halogens is 1. The van der Waals surface area contributed by atoms with Crippen LogP contribution in [0.5, 0.6) is 5.75 Å². The quantitative estimate of drug-likeness (QED) is 0.421. The molecule has 1 amide bonds. The summed E-state index contributed by atoms with van der Waals surface area (Å²) in [4.78, 5) is 12.9. The van der Waals surface area contributed by atoms with E-state index in [9.17, 15) is 4.79 Å². The van der Waals surface area contributed by atoms with Crippen LogP contribution < -0.4 is 10.1 Å². The molecule has 0 aliphatic rings. The first kappa shape index (κ1) is 19.5. The molecule has 3 aromatic rings. The third-order valence-corrected chi connectivity index (χ3v) is 6.02. The maximum Gasteiger partial charge on any atom is 0.275 e. The van der Waals surface area contributed by atoms with Crippen molar-refractivity contribution in [3.63, 3.8) is 0 Å². The second kappa shape index (κ2) is 9.07. The monoisotopic (exact) mass is 420 g/mol. The van der Waals surface area contributed by atoms with Crippen molar-refractivity contribution in [2.75, 3.05) is 12.4 Å². The topological polar surface area (TPSA) is 69.0 Å². The van der Waals surface area contributed by atoms with Crippen LogP contribution in [0.25, 0.3) is 0 Å². The molecule has 27 heavy (non-hydrogen) atoms. The van der Waals surface area contributed by atoms with Crippen LogP contribution in [0, 0.1) is 0 Å². The fraction of sp³-hybridized carbons (Fsp3) is 0.167. The molecule has 0 radical (unpaired) electrons. The average Bonchev–Trinajstić information content (AvgIpc) is 3.30. The lowest BCUT2D eigenvalue weighted by atomic mass is 10.2. The minimum absolute atomic E-state index is 0.301. The highest BCUT2D eigenvalue weighted by Gasteiger charge is 2.20. The first-order chi connectivity index (χ1) is 13.1. The fourth-order valence-electron chi connectivity index (χ4n) is 2.36. The number of aromatic nitrogens is 3. The molecule has 0 aliphatic heterocycles. The smallest absolute Gasteiger partial charge is 0.275 e. The van der Waals surface area contributed by atoms with Crippen LogP contribution in [-0.2, 0) is 12.3 Å². The minimum Gasteiger partial charge on any atom is -0.495 e. The molecule has 2 heterocycles. The van der Waals surface area contributed by atoms with Crippen molar-refractivity contribution in [1.82, 2.24) is 15.0 Å². The predicted molar refractivity (Wildman–Crippen MR) is 110 cm³/mol. The largest absolute Gasteiger partial charge is 0.495 e. The first-order valence-electron chi connectivity index (χ1n) is 7.96. The Labute approximate surface area is 170 Å². The van der Waals surface area contributed by atoms with Gasteiger partial charge in [-0.2, -0.15) is 0 Å². The second-order valence-corrected chi connectivity index (χ2v) is 8.01. The minimum atomic E-state index is -0.301. The van der Waals surface area contributed by atoms with Gasteiger partial charge in [0.15, 0.2) is 5.69 Å². The molecule has 0 saturated carbocycles. The van der Waals surface area contributed by atoms with Crippen LogP contribution in [0.4, 0.5) is 5.69 Å². The van der Waals surface area contributed by atoms with Crippen molar-refractivity contribution in [1.29, 1.82) is 0 Å². The molecule has 3 rings (SSSR count). The number of rotatable bonds is 8. The molecule has 0 unspecified atom stereocenters. The Bertz CT molecular complexity index is 941. The van der Waals surface area contributed by atoms with Gasteiger partial charge in [0.25, 0.3) is 5.91 Å². The van der Waals surface area contributed by atoms with Gasteiger partial charge in [0.05, 0.1) is 22.9 Å². The van der Waals surface area contributed by atoms with E-state index >= 15 is 0 Å². The van der Waals surface area contributed by atoms with Gasteiger partial charge < -0.3 is 10.1 Å². The molecule has 1 aromatic carbocycles. The standard InChI is InChI=1S/C18H17ClN4O2S2/c1-3-8-23-17(14(21-22-23)11-27-16-5-4-9-26-16)18(24)20-12-6-7-15(25-2)13(19)10-12/h3-7,9-10H,1,8,11H2,2H3,(H,20,24). The summed E-state index contributed by atoms with van der Waals surface area (Å²) in [5.74, 6) is 0.787. The van der Waals surface area contributed by atoms with Crippen LogP contribution in [-0.4, -0.2) is 28.0 Å². The first-order valence-corrected chi connectivity index (χ1v) is 10.2. The van der Waals surface area contributed by atoms with Crippen LogP contribution in [0.15, 0.2) is 52.6 Å². The number of carbonyl (C=O) groups is 1. The average molecular weight is 421 g/mol. The summed E-state index contributed by atoms with van der Waals surface area (Å²) < 4.78 is 7.83. The normalized spacial score (nSPS) is 10.6. The molecule has 0 aliphatic carbocycles. The van der Waals surface area contributed by atoms with Crippen molar-refractivity contribution < 1.29 is 9.53 Å². The van der Waals surface area contributed by atoms with Gasteiger partial charge in [0.2, 0.25) is 0 Å². The van der Waals surface area contributed by atoms with Gasteiger partial charge in [-0.15, -0.1) is 34.8 Å². The summed E-state index contributed by atoms with van der Waals surface area (Å²) in [6, 6.07) is 9.08. The van der Waals surface area contributed by atoms with E-state index in [1.807, 2.05) is 17.5 Å². The lowest BCUT2D eigenvalue weighted by Gasteiger charge is -2.10. The zero-order valence-electron chi connectivity index (χ0n) is 14.5. The molecule has 6 nitrogen and oxygen atoms in total. The Balaban J connectivity index is 1.82. The number of methoxy groups -OCH3 is 1. The maximum absolute atomic E-state index is 12.9. The van der Waals surface area contributed by atoms with E-state index < -0.39 is 0 Å². The van der Waals surface area contributed by atoms with Gasteiger partial charge in [-0.3, -0.25) is 4.79 Å². The van der Waals surface area contributed by atoms with E-state index in [2.05, 4.69) is 22.2 Å². The van der Waals surface area contributed by atoms with Crippen LogP contribution >= 0.6 is 34.7 Å². The highest BCUT2D eigenvalue weighted by atomic mass is 35.5. The zero-order valence-corrected chi connectivity index (χ0v) is 16.9. The predicted octanol–water partition coefficient (Wildman–Crippen LogP) is 4.73. The SMILES string of the molecule is C=CCn1nnc(CSc2cccs2)c1C(=O)Nc1ccc(OC)c(Cl)c1. The number of hydrogen-bond donors (Lipinski definition) is 1. The maximum atomic E-state index is 12.9.